The van der Waals surface area contributed by atoms with Crippen LogP contribution in [0.25, 0.3) is 0 Å². The fraction of sp³-hybridized carbons (Fsp3) is 0.543. The number of nitrogens with one attached hydrogen (secondary N) is 1. The van der Waals surface area contributed by atoms with E-state index in [-0.39, 0.29) is 0 Å². The van der Waals surface area contributed by atoms with Gasteiger partial charge in [-0.15, -0.1) is 0 Å². The van der Waals surface area contributed by atoms with Gasteiger partial charge in [-0.05, 0) is 118 Å². The highest BCUT2D eigenvalue weighted by atomic mass is 16.5. The summed E-state index contributed by atoms with van der Waals surface area (Å²) in [6.45, 7) is 11.5. The lowest BCUT2D eigenvalue weighted by Gasteiger charge is -2.17. The number of aryl methyl sites for hydroxylation is 2. The minimum Gasteiger partial charge on any atom is -0.493 e. The number of rotatable bonds is 17. The van der Waals surface area contributed by atoms with Crippen LogP contribution < -0.4 is 24.3 Å². The van der Waals surface area contributed by atoms with Gasteiger partial charge in [-0.25, -0.2) is 19.9 Å². The van der Waals surface area contributed by atoms with Crippen LogP contribution in [0.5, 0.6) is 23.0 Å². The summed E-state index contributed by atoms with van der Waals surface area (Å²) in [6, 6.07) is 16.1. The first-order chi connectivity index (χ1) is 27.9. The van der Waals surface area contributed by atoms with E-state index in [1.807, 2.05) is 48.8 Å². The van der Waals surface area contributed by atoms with Gasteiger partial charge in [0.2, 0.25) is 0 Å². The van der Waals surface area contributed by atoms with Crippen molar-refractivity contribution in [1.29, 1.82) is 0 Å². The van der Waals surface area contributed by atoms with Gasteiger partial charge in [0.1, 0.15) is 17.9 Å². The largest absolute Gasteiger partial charge is 0.493 e. The molecule has 4 heterocycles. The Hall–Kier alpha value is -4.61. The Morgan fingerprint density at radius 2 is 1.28 bits per heavy atom. The molecular formula is C46H62N6O5. The molecule has 1 N–H and O–H groups in total. The average molecular weight is 779 g/mol. The average Bonchev–Trinajstić information content (AvgIpc) is 4.16. The third-order valence-electron chi connectivity index (χ3n) is 10.9. The molecule has 2 atom stereocenters. The Morgan fingerprint density at radius 1 is 0.702 bits per heavy atom. The van der Waals surface area contributed by atoms with Crippen LogP contribution in [0.2, 0.25) is 0 Å². The summed E-state index contributed by atoms with van der Waals surface area (Å²) in [7, 11) is 3.37. The number of likely N-dealkylation sites (tertiary alicyclic amines) is 1. The lowest BCUT2D eigenvalue weighted by molar-refractivity contribution is -0.108. The van der Waals surface area contributed by atoms with Crippen molar-refractivity contribution in [2.24, 2.45) is 23.7 Å². The molecule has 306 valence electrons. The predicted molar refractivity (Wildman–Crippen MR) is 222 cm³/mol. The normalized spacial score (nSPS) is 18.8. The van der Waals surface area contributed by atoms with E-state index in [0.29, 0.717) is 37.2 Å². The summed E-state index contributed by atoms with van der Waals surface area (Å²) < 4.78 is 23.2. The molecule has 0 radical (unpaired) electrons. The Balaban J connectivity index is 0.000000173. The van der Waals surface area contributed by atoms with Gasteiger partial charge in [-0.2, -0.15) is 0 Å². The van der Waals surface area contributed by atoms with Gasteiger partial charge < -0.3 is 34.0 Å². The summed E-state index contributed by atoms with van der Waals surface area (Å²) in [6.07, 6.45) is 15.5. The third-order valence-corrected chi connectivity index (χ3v) is 10.9. The van der Waals surface area contributed by atoms with Crippen LogP contribution in [-0.4, -0.2) is 91.3 Å². The van der Waals surface area contributed by atoms with E-state index in [1.54, 1.807) is 14.2 Å². The van der Waals surface area contributed by atoms with Crippen LogP contribution in [0.3, 0.4) is 0 Å². The molecule has 8 rings (SSSR count). The maximum Gasteiger partial charge on any atom is 0.161 e. The molecule has 2 unspecified atom stereocenters. The van der Waals surface area contributed by atoms with E-state index in [9.17, 15) is 4.79 Å². The Bertz CT molecular complexity index is 1840. The number of ether oxygens (including phenoxy) is 4. The molecule has 11 nitrogen and oxygen atoms in total. The lowest BCUT2D eigenvalue weighted by atomic mass is 10.1. The van der Waals surface area contributed by atoms with Gasteiger partial charge in [-0.1, -0.05) is 26.0 Å². The number of carbonyl (C=O) groups excluding carboxylic acids is 1. The molecule has 2 saturated heterocycles. The molecule has 2 aliphatic carbocycles. The molecule has 2 aliphatic heterocycles. The maximum absolute atomic E-state index is 9.57. The molecule has 2 aromatic carbocycles. The van der Waals surface area contributed by atoms with Crippen molar-refractivity contribution in [2.45, 2.75) is 78.1 Å². The van der Waals surface area contributed by atoms with Crippen molar-refractivity contribution in [2.75, 3.05) is 60.2 Å². The Kier molecular flexibility index (Phi) is 16.1. The van der Waals surface area contributed by atoms with E-state index in [4.69, 9.17) is 18.9 Å². The molecular weight excluding hydrogens is 717 g/mol. The highest BCUT2D eigenvalue weighted by Crippen LogP contribution is 2.33. The lowest BCUT2D eigenvalue weighted by Crippen LogP contribution is -2.24. The summed E-state index contributed by atoms with van der Waals surface area (Å²) >= 11 is 0. The SMILES string of the molecule is CCc1ccnc(Cc2ccc(OC)c(OCC3CCN(CC4CC4)C3)c2)n1.CCc1ccnc(Cc2ccc(OC)c(OCC3CCNC3)c2)n1.O=CC1CC1. The van der Waals surface area contributed by atoms with Crippen molar-refractivity contribution in [3.63, 3.8) is 0 Å². The zero-order valence-electron chi connectivity index (χ0n) is 34.5. The topological polar surface area (TPSA) is 121 Å². The van der Waals surface area contributed by atoms with E-state index < -0.39 is 0 Å². The van der Waals surface area contributed by atoms with Crippen molar-refractivity contribution >= 4 is 6.29 Å². The fourth-order valence-electron chi connectivity index (χ4n) is 7.08. The van der Waals surface area contributed by atoms with Gasteiger partial charge in [0, 0.05) is 74.0 Å². The first-order valence-electron chi connectivity index (χ1n) is 21.0. The highest BCUT2D eigenvalue weighted by molar-refractivity contribution is 5.56. The fourth-order valence-corrected chi connectivity index (χ4v) is 7.08. The Morgan fingerprint density at radius 3 is 1.74 bits per heavy atom. The molecule has 4 aromatic rings. The smallest absolute Gasteiger partial charge is 0.161 e. The number of hydrogen-bond donors (Lipinski definition) is 1. The number of aldehydes is 1. The van der Waals surface area contributed by atoms with E-state index in [1.165, 1.54) is 38.8 Å². The summed E-state index contributed by atoms with van der Waals surface area (Å²) in [4.78, 5) is 30.2. The minimum atomic E-state index is 0.454. The van der Waals surface area contributed by atoms with Gasteiger partial charge in [-0.3, -0.25) is 0 Å². The molecule has 57 heavy (non-hydrogen) atoms. The molecule has 0 amide bonds. The molecule has 0 spiro atoms. The summed E-state index contributed by atoms with van der Waals surface area (Å²) in [5, 5.41) is 3.36. The van der Waals surface area contributed by atoms with Crippen LogP contribution in [0.15, 0.2) is 60.9 Å². The zero-order chi connectivity index (χ0) is 39.8. The number of carbonyl (C=O) groups is 1. The third kappa shape index (κ3) is 13.8. The van der Waals surface area contributed by atoms with Crippen LogP contribution >= 0.6 is 0 Å². The molecule has 11 heteroatoms. The van der Waals surface area contributed by atoms with Crippen molar-refractivity contribution in [3.8, 4) is 23.0 Å². The predicted octanol–water partition coefficient (Wildman–Crippen LogP) is 6.97. The van der Waals surface area contributed by atoms with Gasteiger partial charge in [0.05, 0.1) is 27.4 Å². The van der Waals surface area contributed by atoms with Crippen LogP contribution in [0, 0.1) is 23.7 Å². The molecule has 2 saturated carbocycles. The zero-order valence-corrected chi connectivity index (χ0v) is 34.5. The van der Waals surface area contributed by atoms with Crippen LogP contribution in [-0.2, 0) is 30.5 Å². The summed E-state index contributed by atoms with van der Waals surface area (Å²) in [5.41, 5.74) is 4.42. The number of benzene rings is 2. The number of nitrogens with zero attached hydrogens (tertiary/aromatic N) is 5. The molecule has 0 bridgehead atoms. The first-order valence-corrected chi connectivity index (χ1v) is 21.0. The number of methoxy groups -OCH3 is 2. The van der Waals surface area contributed by atoms with Crippen LogP contribution in [0.4, 0.5) is 0 Å². The second-order valence-corrected chi connectivity index (χ2v) is 15.8. The quantitative estimate of drug-likeness (QED) is 0.112. The monoisotopic (exact) mass is 778 g/mol. The van der Waals surface area contributed by atoms with Gasteiger partial charge in [0.25, 0.3) is 0 Å². The maximum atomic E-state index is 9.57. The van der Waals surface area contributed by atoms with Crippen molar-refractivity contribution < 1.29 is 23.7 Å². The summed E-state index contributed by atoms with van der Waals surface area (Å²) in [5.74, 6) is 7.47. The highest BCUT2D eigenvalue weighted by Gasteiger charge is 2.29. The van der Waals surface area contributed by atoms with Crippen molar-refractivity contribution in [3.05, 3.63) is 95.1 Å². The molecule has 2 aromatic heterocycles. The second kappa shape index (κ2) is 21.8. The second-order valence-electron chi connectivity index (χ2n) is 15.8. The van der Waals surface area contributed by atoms with Crippen molar-refractivity contribution in [1.82, 2.24) is 30.2 Å². The molecule has 4 fully saturated rings. The molecule has 4 aliphatic rings. The van der Waals surface area contributed by atoms with E-state index in [0.717, 1.165) is 121 Å². The standard InChI is InChI=1S/C23H31N3O2.C19H25N3O2.C4H6O/c1-3-20-8-10-24-23(25-20)13-18-6-7-21(27-2)22(12-18)28-16-19-9-11-26(15-19)14-17-4-5-17;1-3-16-7-9-21-19(22-16)11-14-4-5-17(23-2)18(10-14)24-13-15-6-8-20-12-15;5-3-4-1-2-4/h6-8,10,12,17,19H,3-5,9,11,13-16H2,1-2H3;4-5,7,9-10,15,20H,3,6,8,11-13H2,1-2H3;3-4H,1-2H2. The first kappa shape index (κ1) is 42.0. The van der Waals surface area contributed by atoms with E-state index in [2.05, 4.69) is 56.1 Å². The Labute approximate surface area is 339 Å². The number of aromatic nitrogens is 4. The van der Waals surface area contributed by atoms with Gasteiger partial charge >= 0.3 is 0 Å². The minimum absolute atomic E-state index is 0.454. The van der Waals surface area contributed by atoms with Gasteiger partial charge in [0.15, 0.2) is 23.0 Å². The van der Waals surface area contributed by atoms with Crippen LogP contribution in [0.1, 0.15) is 86.5 Å². The number of hydrogen-bond acceptors (Lipinski definition) is 11. The van der Waals surface area contributed by atoms with E-state index >= 15 is 0 Å².